The maximum absolute atomic E-state index is 6.10. The third-order valence-electron chi connectivity index (χ3n) is 4.22. The van der Waals surface area contributed by atoms with E-state index in [2.05, 4.69) is 36.6 Å². The molecule has 1 heterocycles. The van der Waals surface area contributed by atoms with Crippen molar-refractivity contribution < 1.29 is 0 Å². The van der Waals surface area contributed by atoms with Crippen LogP contribution in [0.5, 0.6) is 0 Å². The van der Waals surface area contributed by atoms with E-state index in [1.165, 1.54) is 36.8 Å². The third kappa shape index (κ3) is 1.74. The second kappa shape index (κ2) is 4.27. The third-order valence-corrected chi connectivity index (χ3v) is 4.46. The first-order valence-corrected chi connectivity index (χ1v) is 7.22. The highest BCUT2D eigenvalue weighted by atomic mass is 35.5. The zero-order chi connectivity index (χ0) is 12.8. The molecule has 18 heavy (non-hydrogen) atoms. The van der Waals surface area contributed by atoms with Gasteiger partial charge in [-0.15, -0.1) is 11.6 Å². The number of benzene rings is 1. The number of halogens is 1. The molecule has 0 radical (unpaired) electrons. The van der Waals surface area contributed by atoms with Gasteiger partial charge in [-0.3, -0.25) is 0 Å². The Morgan fingerprint density at radius 3 is 2.72 bits per heavy atom. The van der Waals surface area contributed by atoms with Crippen LogP contribution < -0.4 is 0 Å². The number of rotatable bonds is 2. The molecule has 3 heteroatoms. The van der Waals surface area contributed by atoms with E-state index in [0.29, 0.717) is 5.88 Å². The molecule has 2 aromatic rings. The minimum Gasteiger partial charge on any atom is -0.321 e. The molecule has 0 bridgehead atoms. The molecule has 1 fully saturated rings. The lowest BCUT2D eigenvalue weighted by Gasteiger charge is -2.28. The highest BCUT2D eigenvalue weighted by molar-refractivity contribution is 6.16. The Kier molecular flexibility index (Phi) is 2.86. The summed E-state index contributed by atoms with van der Waals surface area (Å²) in [4.78, 5) is 4.71. The summed E-state index contributed by atoms with van der Waals surface area (Å²) < 4.78 is 2.39. The minimum absolute atomic E-state index is 0.203. The molecular formula is C15H19ClN2. The van der Waals surface area contributed by atoms with Gasteiger partial charge in [-0.1, -0.05) is 18.9 Å². The van der Waals surface area contributed by atoms with E-state index in [9.17, 15) is 0 Å². The fourth-order valence-electron chi connectivity index (χ4n) is 3.29. The van der Waals surface area contributed by atoms with Gasteiger partial charge in [0, 0.05) is 5.54 Å². The molecule has 0 N–H and O–H groups in total. The Bertz CT molecular complexity index is 579. The number of aryl methyl sites for hydroxylation is 1. The van der Waals surface area contributed by atoms with Gasteiger partial charge in [0.25, 0.3) is 0 Å². The van der Waals surface area contributed by atoms with Crippen LogP contribution >= 0.6 is 11.6 Å². The summed E-state index contributed by atoms with van der Waals surface area (Å²) in [6, 6.07) is 6.51. The van der Waals surface area contributed by atoms with Crippen molar-refractivity contribution in [3.8, 4) is 0 Å². The molecular weight excluding hydrogens is 244 g/mol. The molecule has 0 atom stereocenters. The normalized spacial score (nSPS) is 18.6. The highest BCUT2D eigenvalue weighted by Gasteiger charge is 2.33. The maximum atomic E-state index is 6.10. The molecule has 1 aromatic carbocycles. The van der Waals surface area contributed by atoms with Crippen molar-refractivity contribution in [2.75, 3.05) is 0 Å². The van der Waals surface area contributed by atoms with Crippen LogP contribution in [-0.4, -0.2) is 9.55 Å². The summed E-state index contributed by atoms with van der Waals surface area (Å²) in [6.07, 6.45) is 5.08. The Labute approximate surface area is 113 Å². The topological polar surface area (TPSA) is 17.8 Å². The molecule has 0 saturated heterocycles. The van der Waals surface area contributed by atoms with Crippen molar-refractivity contribution in [2.45, 2.75) is 50.9 Å². The van der Waals surface area contributed by atoms with Crippen LogP contribution in [0.15, 0.2) is 18.2 Å². The molecule has 0 spiro atoms. The second-order valence-corrected chi connectivity index (χ2v) is 5.96. The van der Waals surface area contributed by atoms with Crippen molar-refractivity contribution in [3.63, 3.8) is 0 Å². The van der Waals surface area contributed by atoms with E-state index in [4.69, 9.17) is 16.6 Å². The highest BCUT2D eigenvalue weighted by Crippen LogP contribution is 2.39. The van der Waals surface area contributed by atoms with Gasteiger partial charge in [0.05, 0.1) is 16.9 Å². The van der Waals surface area contributed by atoms with Crippen LogP contribution in [0.1, 0.15) is 44.0 Å². The molecule has 1 saturated carbocycles. The van der Waals surface area contributed by atoms with Gasteiger partial charge in [0.2, 0.25) is 0 Å². The SMILES string of the molecule is Cc1ccc2c(c1)nc(CCl)n2C1(C)CCCC1. The van der Waals surface area contributed by atoms with Gasteiger partial charge in [-0.25, -0.2) is 4.98 Å². The summed E-state index contributed by atoms with van der Waals surface area (Å²) >= 11 is 6.10. The number of aromatic nitrogens is 2. The first-order valence-electron chi connectivity index (χ1n) is 6.68. The lowest BCUT2D eigenvalue weighted by atomic mass is 9.99. The number of hydrogen-bond donors (Lipinski definition) is 0. The van der Waals surface area contributed by atoms with E-state index in [-0.39, 0.29) is 5.54 Å². The summed E-state index contributed by atoms with van der Waals surface area (Å²) in [5.74, 6) is 1.50. The van der Waals surface area contributed by atoms with Gasteiger partial charge >= 0.3 is 0 Å². The molecule has 1 aliphatic rings. The van der Waals surface area contributed by atoms with E-state index in [1.807, 2.05) is 0 Å². The van der Waals surface area contributed by atoms with E-state index >= 15 is 0 Å². The smallest absolute Gasteiger partial charge is 0.125 e. The summed E-state index contributed by atoms with van der Waals surface area (Å²) in [5.41, 5.74) is 3.78. The van der Waals surface area contributed by atoms with Crippen LogP contribution in [0.2, 0.25) is 0 Å². The fraction of sp³-hybridized carbons (Fsp3) is 0.533. The number of fused-ring (bicyclic) bond motifs is 1. The molecule has 3 rings (SSSR count). The number of imidazole rings is 1. The number of alkyl halides is 1. The summed E-state index contributed by atoms with van der Waals surface area (Å²) in [6.45, 7) is 4.45. The molecule has 0 unspecified atom stereocenters. The lowest BCUT2D eigenvalue weighted by Crippen LogP contribution is -2.27. The van der Waals surface area contributed by atoms with Crippen LogP contribution in [0.3, 0.4) is 0 Å². The average Bonchev–Trinajstić information content (AvgIpc) is 2.92. The Balaban J connectivity index is 2.25. The monoisotopic (exact) mass is 262 g/mol. The van der Waals surface area contributed by atoms with Crippen molar-refractivity contribution >= 4 is 22.6 Å². The van der Waals surface area contributed by atoms with Gasteiger partial charge in [-0.05, 0) is 44.4 Å². The standard InChI is InChI=1S/C15H19ClN2/c1-11-5-6-13-12(9-11)17-14(10-16)18(13)15(2)7-3-4-8-15/h5-6,9H,3-4,7-8,10H2,1-2H3. The van der Waals surface area contributed by atoms with Crippen LogP contribution in [0.25, 0.3) is 11.0 Å². The van der Waals surface area contributed by atoms with Crippen LogP contribution in [0, 0.1) is 6.92 Å². The van der Waals surface area contributed by atoms with E-state index in [0.717, 1.165) is 11.3 Å². The zero-order valence-electron chi connectivity index (χ0n) is 11.0. The largest absolute Gasteiger partial charge is 0.321 e. The van der Waals surface area contributed by atoms with Crippen molar-refractivity contribution in [1.29, 1.82) is 0 Å². The fourth-order valence-corrected chi connectivity index (χ4v) is 3.47. The maximum Gasteiger partial charge on any atom is 0.125 e. The molecule has 1 aromatic heterocycles. The predicted octanol–water partition coefficient (Wildman–Crippen LogP) is 4.37. The lowest BCUT2D eigenvalue weighted by molar-refractivity contribution is 0.331. The van der Waals surface area contributed by atoms with Crippen molar-refractivity contribution in [3.05, 3.63) is 29.6 Å². The zero-order valence-corrected chi connectivity index (χ0v) is 11.8. The Morgan fingerprint density at radius 1 is 1.33 bits per heavy atom. The van der Waals surface area contributed by atoms with Gasteiger partial charge < -0.3 is 4.57 Å². The summed E-state index contributed by atoms with van der Waals surface area (Å²) in [7, 11) is 0. The number of hydrogen-bond acceptors (Lipinski definition) is 1. The van der Waals surface area contributed by atoms with Gasteiger partial charge in [0.1, 0.15) is 5.82 Å². The number of nitrogens with zero attached hydrogens (tertiary/aromatic N) is 2. The van der Waals surface area contributed by atoms with Crippen molar-refractivity contribution in [1.82, 2.24) is 9.55 Å². The van der Waals surface area contributed by atoms with Crippen molar-refractivity contribution in [2.24, 2.45) is 0 Å². The quantitative estimate of drug-likeness (QED) is 0.735. The molecule has 0 aliphatic heterocycles. The van der Waals surface area contributed by atoms with E-state index < -0.39 is 0 Å². The minimum atomic E-state index is 0.203. The van der Waals surface area contributed by atoms with Gasteiger partial charge in [0.15, 0.2) is 0 Å². The molecule has 2 nitrogen and oxygen atoms in total. The van der Waals surface area contributed by atoms with Crippen LogP contribution in [-0.2, 0) is 11.4 Å². The predicted molar refractivity (Wildman–Crippen MR) is 76.1 cm³/mol. The van der Waals surface area contributed by atoms with Crippen LogP contribution in [0.4, 0.5) is 0 Å². The first kappa shape index (κ1) is 12.0. The average molecular weight is 263 g/mol. The summed E-state index contributed by atoms with van der Waals surface area (Å²) in [5, 5.41) is 0. The molecule has 96 valence electrons. The Morgan fingerprint density at radius 2 is 2.06 bits per heavy atom. The Hall–Kier alpha value is -1.02. The second-order valence-electron chi connectivity index (χ2n) is 5.69. The molecule has 0 amide bonds. The van der Waals surface area contributed by atoms with E-state index in [1.54, 1.807) is 0 Å². The first-order chi connectivity index (χ1) is 8.64. The van der Waals surface area contributed by atoms with Gasteiger partial charge in [-0.2, -0.15) is 0 Å². The molecule has 1 aliphatic carbocycles.